The van der Waals surface area contributed by atoms with Crippen LogP contribution in [0.4, 0.5) is 0 Å². The molecular weight excluding hydrogens is 342 g/mol. The second-order valence-electron chi connectivity index (χ2n) is 5.29. The van der Waals surface area contributed by atoms with E-state index in [-0.39, 0.29) is 17.9 Å². The lowest BCUT2D eigenvalue weighted by Crippen LogP contribution is -2.43. The molecule has 6 nitrogen and oxygen atoms in total. The van der Waals surface area contributed by atoms with Crippen molar-refractivity contribution in [3.8, 4) is 5.75 Å². The van der Waals surface area contributed by atoms with E-state index in [1.54, 1.807) is 19.1 Å². The van der Waals surface area contributed by atoms with Gasteiger partial charge in [-0.1, -0.05) is 36.4 Å². The predicted octanol–water partition coefficient (Wildman–Crippen LogP) is 2.15. The van der Waals surface area contributed by atoms with Crippen LogP contribution >= 0.6 is 0 Å². The Bertz CT molecular complexity index is 805. The van der Waals surface area contributed by atoms with Gasteiger partial charge in [0.2, 0.25) is 10.0 Å². The van der Waals surface area contributed by atoms with Crippen molar-refractivity contribution in [2.24, 2.45) is 0 Å². The number of ether oxygens (including phenoxy) is 2. The van der Waals surface area contributed by atoms with Crippen molar-refractivity contribution in [3.05, 3.63) is 60.2 Å². The van der Waals surface area contributed by atoms with Crippen LogP contribution in [0.3, 0.4) is 0 Å². The number of methoxy groups -OCH3 is 1. The second kappa shape index (κ2) is 8.64. The van der Waals surface area contributed by atoms with Crippen LogP contribution in [0, 0.1) is 0 Å². The van der Waals surface area contributed by atoms with E-state index in [1.807, 2.05) is 30.3 Å². The van der Waals surface area contributed by atoms with Crippen molar-refractivity contribution in [2.45, 2.75) is 24.3 Å². The largest absolute Gasteiger partial charge is 0.497 e. The summed E-state index contributed by atoms with van der Waals surface area (Å²) in [5.41, 5.74) is 0.828. The van der Waals surface area contributed by atoms with Gasteiger partial charge in [-0.3, -0.25) is 4.79 Å². The Morgan fingerprint density at radius 3 is 2.48 bits per heavy atom. The first kappa shape index (κ1) is 19.0. The van der Waals surface area contributed by atoms with Crippen molar-refractivity contribution in [1.82, 2.24) is 4.72 Å². The van der Waals surface area contributed by atoms with Gasteiger partial charge in [-0.2, -0.15) is 4.72 Å². The zero-order chi connectivity index (χ0) is 18.3. The van der Waals surface area contributed by atoms with Crippen molar-refractivity contribution >= 4 is 16.0 Å². The van der Waals surface area contributed by atoms with Gasteiger partial charge >= 0.3 is 5.97 Å². The summed E-state index contributed by atoms with van der Waals surface area (Å²) in [6.07, 6.45) is 0.197. The van der Waals surface area contributed by atoms with E-state index >= 15 is 0 Å². The van der Waals surface area contributed by atoms with Gasteiger partial charge in [0.25, 0.3) is 0 Å². The molecule has 1 atom stereocenters. The van der Waals surface area contributed by atoms with Crippen LogP contribution in [-0.2, 0) is 26.0 Å². The van der Waals surface area contributed by atoms with Crippen LogP contribution in [0.1, 0.15) is 12.5 Å². The topological polar surface area (TPSA) is 81.7 Å². The van der Waals surface area contributed by atoms with Gasteiger partial charge in [0.15, 0.2) is 0 Å². The summed E-state index contributed by atoms with van der Waals surface area (Å²) in [5.74, 6) is -0.198. The van der Waals surface area contributed by atoms with Crippen molar-refractivity contribution in [2.75, 3.05) is 13.7 Å². The monoisotopic (exact) mass is 363 g/mol. The lowest BCUT2D eigenvalue weighted by Gasteiger charge is -2.18. The van der Waals surface area contributed by atoms with Gasteiger partial charge in [0, 0.05) is 6.07 Å². The van der Waals surface area contributed by atoms with Crippen molar-refractivity contribution in [3.63, 3.8) is 0 Å². The SMILES string of the molecule is CCOC(=O)C(Cc1ccccc1)NS(=O)(=O)c1cccc(OC)c1. The molecule has 2 aromatic carbocycles. The molecule has 0 fully saturated rings. The van der Waals surface area contributed by atoms with Gasteiger partial charge in [-0.25, -0.2) is 8.42 Å². The first-order chi connectivity index (χ1) is 12.0. The molecule has 134 valence electrons. The second-order valence-corrected chi connectivity index (χ2v) is 7.01. The molecule has 0 radical (unpaired) electrons. The van der Waals surface area contributed by atoms with E-state index in [9.17, 15) is 13.2 Å². The predicted molar refractivity (Wildman–Crippen MR) is 93.9 cm³/mol. The van der Waals surface area contributed by atoms with Gasteiger partial charge in [-0.15, -0.1) is 0 Å². The summed E-state index contributed by atoms with van der Waals surface area (Å²) in [4.78, 5) is 12.2. The lowest BCUT2D eigenvalue weighted by molar-refractivity contribution is -0.145. The number of rotatable bonds is 8. The number of nitrogens with one attached hydrogen (secondary N) is 1. The smallest absolute Gasteiger partial charge is 0.324 e. The average Bonchev–Trinajstić information content (AvgIpc) is 2.62. The molecule has 25 heavy (non-hydrogen) atoms. The Morgan fingerprint density at radius 1 is 1.12 bits per heavy atom. The van der Waals surface area contributed by atoms with E-state index in [0.717, 1.165) is 5.56 Å². The molecular formula is C18H21NO5S. The first-order valence-corrected chi connectivity index (χ1v) is 9.31. The molecule has 0 saturated heterocycles. The third-order valence-electron chi connectivity index (χ3n) is 3.50. The number of hydrogen-bond acceptors (Lipinski definition) is 5. The Hall–Kier alpha value is -2.38. The molecule has 0 saturated carbocycles. The van der Waals surface area contributed by atoms with Crippen LogP contribution in [0.25, 0.3) is 0 Å². The van der Waals surface area contributed by atoms with E-state index < -0.39 is 22.0 Å². The summed E-state index contributed by atoms with van der Waals surface area (Å²) < 4.78 is 37.8. The average molecular weight is 363 g/mol. The summed E-state index contributed by atoms with van der Waals surface area (Å²) in [5, 5.41) is 0. The van der Waals surface area contributed by atoms with Crippen molar-refractivity contribution in [1.29, 1.82) is 0 Å². The number of hydrogen-bond donors (Lipinski definition) is 1. The van der Waals surface area contributed by atoms with Gasteiger partial charge in [0.1, 0.15) is 11.8 Å². The number of carbonyl (C=O) groups excluding carboxylic acids is 1. The molecule has 0 amide bonds. The molecule has 0 aliphatic heterocycles. The minimum absolute atomic E-state index is 0.0224. The van der Waals surface area contributed by atoms with Gasteiger partial charge < -0.3 is 9.47 Å². The summed E-state index contributed by atoms with van der Waals surface area (Å²) in [6, 6.07) is 14.2. The molecule has 0 aromatic heterocycles. The standard InChI is InChI=1S/C18H21NO5S/c1-3-24-18(20)17(12-14-8-5-4-6-9-14)19-25(21,22)16-11-7-10-15(13-16)23-2/h4-11,13,17,19H,3,12H2,1-2H3. The quantitative estimate of drug-likeness (QED) is 0.727. The van der Waals surface area contributed by atoms with Crippen LogP contribution in [0.15, 0.2) is 59.5 Å². The minimum atomic E-state index is -3.91. The molecule has 0 aliphatic carbocycles. The summed E-state index contributed by atoms with van der Waals surface area (Å²) in [7, 11) is -2.45. The lowest BCUT2D eigenvalue weighted by atomic mass is 10.1. The fourth-order valence-electron chi connectivity index (χ4n) is 2.29. The molecule has 1 N–H and O–H groups in total. The Kier molecular flexibility index (Phi) is 6.55. The Labute approximate surface area is 147 Å². The molecule has 0 bridgehead atoms. The van der Waals surface area contributed by atoms with Crippen LogP contribution in [0.5, 0.6) is 5.75 Å². The number of benzene rings is 2. The summed E-state index contributed by atoms with van der Waals surface area (Å²) >= 11 is 0. The molecule has 2 rings (SSSR count). The number of esters is 1. The van der Waals surface area contributed by atoms with Gasteiger partial charge in [-0.05, 0) is 31.0 Å². The van der Waals surface area contributed by atoms with Gasteiger partial charge in [0.05, 0.1) is 18.6 Å². The maximum Gasteiger partial charge on any atom is 0.324 e. The third kappa shape index (κ3) is 5.30. The van der Waals surface area contributed by atoms with E-state index in [1.165, 1.54) is 19.2 Å². The zero-order valence-corrected chi connectivity index (χ0v) is 15.0. The van der Waals surface area contributed by atoms with E-state index in [4.69, 9.17) is 9.47 Å². The molecule has 0 spiro atoms. The molecule has 0 aliphatic rings. The maximum atomic E-state index is 12.6. The normalized spacial score (nSPS) is 12.4. The highest BCUT2D eigenvalue weighted by atomic mass is 32.2. The molecule has 2 aromatic rings. The summed E-state index contributed by atoms with van der Waals surface area (Å²) in [6.45, 7) is 1.85. The minimum Gasteiger partial charge on any atom is -0.497 e. The fourth-order valence-corrected chi connectivity index (χ4v) is 3.51. The molecule has 7 heteroatoms. The van der Waals surface area contributed by atoms with E-state index in [2.05, 4.69) is 4.72 Å². The fraction of sp³-hybridized carbons (Fsp3) is 0.278. The zero-order valence-electron chi connectivity index (χ0n) is 14.1. The van der Waals surface area contributed by atoms with Crippen LogP contribution < -0.4 is 9.46 Å². The van der Waals surface area contributed by atoms with Crippen LogP contribution in [0.2, 0.25) is 0 Å². The van der Waals surface area contributed by atoms with E-state index in [0.29, 0.717) is 5.75 Å². The first-order valence-electron chi connectivity index (χ1n) is 7.83. The Balaban J connectivity index is 2.26. The third-order valence-corrected chi connectivity index (χ3v) is 4.97. The highest BCUT2D eigenvalue weighted by Gasteiger charge is 2.27. The Morgan fingerprint density at radius 2 is 1.84 bits per heavy atom. The molecule has 0 heterocycles. The highest BCUT2D eigenvalue weighted by molar-refractivity contribution is 7.89. The van der Waals surface area contributed by atoms with Crippen LogP contribution in [-0.4, -0.2) is 34.1 Å². The van der Waals surface area contributed by atoms with Crippen molar-refractivity contribution < 1.29 is 22.7 Å². The maximum absolute atomic E-state index is 12.6. The number of carbonyl (C=O) groups is 1. The number of sulfonamides is 1. The molecule has 1 unspecified atom stereocenters. The highest BCUT2D eigenvalue weighted by Crippen LogP contribution is 2.18.